The molecule has 1 unspecified atom stereocenters. The maximum absolute atomic E-state index is 11.4. The van der Waals surface area contributed by atoms with Crippen molar-refractivity contribution in [1.82, 2.24) is 0 Å². The van der Waals surface area contributed by atoms with Crippen LogP contribution in [-0.4, -0.2) is 10.9 Å². The zero-order valence-corrected chi connectivity index (χ0v) is 10.4. The summed E-state index contributed by atoms with van der Waals surface area (Å²) in [4.78, 5) is 11.4. The second-order valence-electron chi connectivity index (χ2n) is 3.69. The van der Waals surface area contributed by atoms with Crippen molar-refractivity contribution in [2.45, 2.75) is 52.4 Å². The van der Waals surface area contributed by atoms with Gasteiger partial charge >= 0.3 is 0 Å². The third-order valence-corrected chi connectivity index (χ3v) is 3.20. The molecule has 14 heavy (non-hydrogen) atoms. The van der Waals surface area contributed by atoms with Crippen molar-refractivity contribution in [2.24, 2.45) is 5.92 Å². The van der Waals surface area contributed by atoms with Crippen LogP contribution in [0.4, 0.5) is 0 Å². The molecule has 0 aromatic rings. The number of carbonyl (C=O) groups is 1. The smallest absolute Gasteiger partial charge is 0.189 e. The van der Waals surface area contributed by atoms with Gasteiger partial charge in [-0.3, -0.25) is 4.79 Å². The van der Waals surface area contributed by atoms with E-state index in [9.17, 15) is 4.79 Å². The Balaban J connectivity index is 3.61. The Labute approximate surface area is 93.0 Å². The molecule has 0 saturated carbocycles. The summed E-state index contributed by atoms with van der Waals surface area (Å²) in [7, 11) is 0. The normalized spacial score (nSPS) is 12.8. The van der Waals surface area contributed by atoms with Gasteiger partial charge in [0.05, 0.1) is 0 Å². The van der Waals surface area contributed by atoms with E-state index < -0.39 is 0 Å². The van der Waals surface area contributed by atoms with E-state index in [0.29, 0.717) is 16.8 Å². The lowest BCUT2D eigenvalue weighted by atomic mass is 9.96. The van der Waals surface area contributed by atoms with Gasteiger partial charge in [-0.1, -0.05) is 57.7 Å². The number of hydrogen-bond donors (Lipinski definition) is 0. The Morgan fingerprint density at radius 1 is 1.36 bits per heavy atom. The van der Waals surface area contributed by atoms with Crippen molar-refractivity contribution >= 4 is 16.9 Å². The largest absolute Gasteiger partial charge is 0.287 e. The van der Waals surface area contributed by atoms with E-state index in [0.717, 1.165) is 12.8 Å². The van der Waals surface area contributed by atoms with Gasteiger partial charge in [-0.2, -0.15) is 0 Å². The summed E-state index contributed by atoms with van der Waals surface area (Å²) in [6, 6.07) is 0. The van der Waals surface area contributed by atoms with E-state index >= 15 is 0 Å². The molecule has 0 N–H and O–H groups in total. The Bertz CT molecular complexity index is 145. The van der Waals surface area contributed by atoms with Crippen molar-refractivity contribution < 1.29 is 4.79 Å². The fraction of sp³-hybridized carbons (Fsp3) is 0.833. The summed E-state index contributed by atoms with van der Waals surface area (Å²) in [5.41, 5.74) is 0. The minimum Gasteiger partial charge on any atom is -0.287 e. The van der Waals surface area contributed by atoms with Gasteiger partial charge in [0.1, 0.15) is 0 Å². The molecule has 0 spiro atoms. The van der Waals surface area contributed by atoms with Gasteiger partial charge in [-0.25, -0.2) is 0 Å². The highest BCUT2D eigenvalue weighted by Crippen LogP contribution is 2.20. The van der Waals surface area contributed by atoms with Crippen molar-refractivity contribution in [1.29, 1.82) is 0 Å². The van der Waals surface area contributed by atoms with Crippen LogP contribution in [0.15, 0.2) is 0 Å². The summed E-state index contributed by atoms with van der Waals surface area (Å²) in [6.45, 7) is 8.07. The standard InChI is InChI=1S/C12H23OS/c1-4-7-8-9-11(5-2)10-12(13)14-6-3/h11H,3-10H2,1-2H3. The number of unbranched alkanes of at least 4 members (excludes halogenated alkanes) is 2. The first kappa shape index (κ1) is 14.0. The second-order valence-corrected chi connectivity index (χ2v) is 4.85. The molecule has 0 aliphatic heterocycles. The van der Waals surface area contributed by atoms with E-state index in [2.05, 4.69) is 20.8 Å². The first-order valence-corrected chi connectivity index (χ1v) is 6.68. The van der Waals surface area contributed by atoms with Gasteiger partial charge in [-0.15, -0.1) is 0 Å². The van der Waals surface area contributed by atoms with Crippen LogP contribution in [0.3, 0.4) is 0 Å². The fourth-order valence-corrected chi connectivity index (χ4v) is 2.12. The first-order chi connectivity index (χ1) is 6.74. The monoisotopic (exact) mass is 215 g/mol. The molecular formula is C12H23OS. The molecule has 1 nitrogen and oxygen atoms in total. The topological polar surface area (TPSA) is 17.1 Å². The van der Waals surface area contributed by atoms with Crippen LogP contribution >= 0.6 is 11.8 Å². The van der Waals surface area contributed by atoms with Crippen molar-refractivity contribution in [3.8, 4) is 0 Å². The van der Waals surface area contributed by atoms with Crippen LogP contribution in [0.2, 0.25) is 0 Å². The Hall–Kier alpha value is 0.0200. The predicted octanol–water partition coefficient (Wildman–Crippen LogP) is 4.08. The van der Waals surface area contributed by atoms with Crippen LogP contribution < -0.4 is 0 Å². The van der Waals surface area contributed by atoms with Crippen molar-refractivity contribution in [2.75, 3.05) is 5.75 Å². The Kier molecular flexibility index (Phi) is 9.58. The molecule has 0 amide bonds. The van der Waals surface area contributed by atoms with Crippen molar-refractivity contribution in [3.05, 3.63) is 6.92 Å². The maximum Gasteiger partial charge on any atom is 0.189 e. The van der Waals surface area contributed by atoms with E-state index in [-0.39, 0.29) is 0 Å². The molecule has 1 atom stereocenters. The lowest BCUT2D eigenvalue weighted by Gasteiger charge is -2.12. The molecule has 2 heteroatoms. The number of rotatable bonds is 8. The zero-order valence-electron chi connectivity index (χ0n) is 9.55. The third-order valence-electron chi connectivity index (χ3n) is 2.51. The highest BCUT2D eigenvalue weighted by molar-refractivity contribution is 8.13. The molecule has 0 aromatic heterocycles. The number of thioether (sulfide) groups is 1. The van der Waals surface area contributed by atoms with Gasteiger partial charge in [0, 0.05) is 12.2 Å². The van der Waals surface area contributed by atoms with Gasteiger partial charge in [0.2, 0.25) is 0 Å². The van der Waals surface area contributed by atoms with E-state index in [4.69, 9.17) is 0 Å². The molecule has 83 valence electrons. The van der Waals surface area contributed by atoms with Crippen LogP contribution in [0.1, 0.15) is 52.4 Å². The number of hydrogen-bond acceptors (Lipinski definition) is 2. The van der Waals surface area contributed by atoms with Gasteiger partial charge in [0.15, 0.2) is 5.12 Å². The van der Waals surface area contributed by atoms with Gasteiger partial charge < -0.3 is 0 Å². The second kappa shape index (κ2) is 9.57. The minimum absolute atomic E-state index is 0.323. The van der Waals surface area contributed by atoms with Crippen LogP contribution in [0.25, 0.3) is 0 Å². The molecule has 0 aliphatic rings. The van der Waals surface area contributed by atoms with Crippen LogP contribution in [-0.2, 0) is 4.79 Å². The average molecular weight is 215 g/mol. The minimum atomic E-state index is 0.323. The lowest BCUT2D eigenvalue weighted by Crippen LogP contribution is -2.05. The van der Waals surface area contributed by atoms with Gasteiger partial charge in [0.25, 0.3) is 0 Å². The first-order valence-electron chi connectivity index (χ1n) is 5.69. The predicted molar refractivity (Wildman–Crippen MR) is 65.4 cm³/mol. The van der Waals surface area contributed by atoms with E-state index in [1.165, 1.54) is 37.4 Å². The summed E-state index contributed by atoms with van der Waals surface area (Å²) in [5, 5.41) is 0.323. The Morgan fingerprint density at radius 2 is 2.07 bits per heavy atom. The molecule has 0 fully saturated rings. The maximum atomic E-state index is 11.4. The highest BCUT2D eigenvalue weighted by Gasteiger charge is 2.11. The summed E-state index contributed by atoms with van der Waals surface area (Å²) >= 11 is 1.36. The summed E-state index contributed by atoms with van der Waals surface area (Å²) in [5.74, 6) is 1.28. The quantitative estimate of drug-likeness (QED) is 0.568. The SMILES string of the molecule is [CH2]CSC(=O)CC(CC)CCCCC. The molecule has 0 aliphatic carbocycles. The van der Waals surface area contributed by atoms with Gasteiger partial charge in [-0.05, 0) is 12.8 Å². The van der Waals surface area contributed by atoms with Crippen LogP contribution in [0.5, 0.6) is 0 Å². The zero-order chi connectivity index (χ0) is 10.8. The average Bonchev–Trinajstić information content (AvgIpc) is 2.17. The van der Waals surface area contributed by atoms with Crippen LogP contribution in [0, 0.1) is 12.8 Å². The molecule has 0 heterocycles. The lowest BCUT2D eigenvalue weighted by molar-refractivity contribution is -0.111. The fourth-order valence-electron chi connectivity index (χ4n) is 1.54. The Morgan fingerprint density at radius 3 is 2.57 bits per heavy atom. The van der Waals surface area contributed by atoms with Crippen molar-refractivity contribution in [3.63, 3.8) is 0 Å². The van der Waals surface area contributed by atoms with E-state index in [1.807, 2.05) is 0 Å². The molecule has 0 aromatic carbocycles. The summed E-state index contributed by atoms with van der Waals surface area (Å²) < 4.78 is 0. The molecule has 1 radical (unpaired) electrons. The molecular weight excluding hydrogens is 192 g/mol. The summed E-state index contributed by atoms with van der Waals surface area (Å²) in [6.07, 6.45) is 6.93. The highest BCUT2D eigenvalue weighted by atomic mass is 32.2. The molecule has 0 bridgehead atoms. The third kappa shape index (κ3) is 7.43. The molecule has 0 rings (SSSR count). The van der Waals surface area contributed by atoms with E-state index in [1.54, 1.807) is 0 Å². The number of carbonyl (C=O) groups excluding carboxylic acids is 1. The molecule has 0 saturated heterocycles.